The van der Waals surface area contributed by atoms with Crippen LogP contribution in [-0.2, 0) is 11.4 Å². The molecule has 0 aliphatic rings. The lowest BCUT2D eigenvalue weighted by Gasteiger charge is -2.19. The number of hydrogen-bond acceptors (Lipinski definition) is 6. The molecule has 2 amide bonds. The number of aliphatic hydroxyl groups excluding tert-OH is 2. The van der Waals surface area contributed by atoms with E-state index < -0.39 is 24.0 Å². The third-order valence-corrected chi connectivity index (χ3v) is 4.57. The summed E-state index contributed by atoms with van der Waals surface area (Å²) in [7, 11) is 0. The van der Waals surface area contributed by atoms with Crippen molar-refractivity contribution in [1.82, 2.24) is 10.8 Å². The van der Waals surface area contributed by atoms with Gasteiger partial charge in [-0.2, -0.15) is 0 Å². The highest BCUT2D eigenvalue weighted by atomic mass is 32.1. The summed E-state index contributed by atoms with van der Waals surface area (Å²) >= 11 is 1.40. The predicted octanol–water partition coefficient (Wildman–Crippen LogP) is 0.628. The van der Waals surface area contributed by atoms with Crippen molar-refractivity contribution in [3.63, 3.8) is 0 Å². The number of carbonyl (C=O) groups excluding carboxylic acids is 2. The average Bonchev–Trinajstić information content (AvgIpc) is 3.17. The molecule has 144 valence electrons. The SMILES string of the molecule is C[C@@H](O)[C@H](NC(=O)c1ccc(C#CC#Cc2ccc(CO)s2)cc1)C(=O)NO. The monoisotopic (exact) mass is 398 g/mol. The molecule has 2 aromatic rings. The fourth-order valence-corrected chi connectivity index (χ4v) is 2.85. The third kappa shape index (κ3) is 5.95. The van der Waals surface area contributed by atoms with Crippen LogP contribution in [0.5, 0.6) is 0 Å². The lowest BCUT2D eigenvalue weighted by atomic mass is 10.1. The number of thiophene rings is 1. The molecule has 0 fully saturated rings. The molecule has 0 saturated carbocycles. The van der Waals surface area contributed by atoms with Gasteiger partial charge >= 0.3 is 0 Å². The van der Waals surface area contributed by atoms with Gasteiger partial charge in [0.15, 0.2) is 0 Å². The Bertz CT molecular complexity index is 958. The van der Waals surface area contributed by atoms with Crippen molar-refractivity contribution >= 4 is 23.2 Å². The van der Waals surface area contributed by atoms with Gasteiger partial charge in [0.05, 0.1) is 17.6 Å². The van der Waals surface area contributed by atoms with Crippen LogP contribution in [0.25, 0.3) is 0 Å². The van der Waals surface area contributed by atoms with Crippen LogP contribution in [-0.4, -0.2) is 39.4 Å². The van der Waals surface area contributed by atoms with E-state index in [0.717, 1.165) is 9.75 Å². The maximum atomic E-state index is 12.2. The van der Waals surface area contributed by atoms with Gasteiger partial charge in [-0.25, -0.2) is 5.48 Å². The predicted molar refractivity (Wildman–Crippen MR) is 103 cm³/mol. The Hall–Kier alpha value is -3.14. The van der Waals surface area contributed by atoms with Gasteiger partial charge in [0.2, 0.25) is 0 Å². The summed E-state index contributed by atoms with van der Waals surface area (Å²) in [5, 5.41) is 29.6. The zero-order valence-electron chi connectivity index (χ0n) is 14.9. The van der Waals surface area contributed by atoms with E-state index in [1.54, 1.807) is 18.2 Å². The van der Waals surface area contributed by atoms with Gasteiger partial charge in [0.25, 0.3) is 11.8 Å². The van der Waals surface area contributed by atoms with Crippen molar-refractivity contribution in [1.29, 1.82) is 0 Å². The average molecular weight is 398 g/mol. The summed E-state index contributed by atoms with van der Waals surface area (Å²) < 4.78 is 0. The minimum absolute atomic E-state index is 0.0133. The Labute approximate surface area is 166 Å². The number of nitrogens with one attached hydrogen (secondary N) is 2. The number of hydroxylamine groups is 1. The first-order chi connectivity index (χ1) is 13.4. The van der Waals surface area contributed by atoms with E-state index >= 15 is 0 Å². The molecule has 1 heterocycles. The Morgan fingerprint density at radius 2 is 1.79 bits per heavy atom. The van der Waals surface area contributed by atoms with E-state index in [4.69, 9.17) is 10.3 Å². The molecule has 0 spiro atoms. The summed E-state index contributed by atoms with van der Waals surface area (Å²) in [4.78, 5) is 25.3. The number of benzene rings is 1. The van der Waals surface area contributed by atoms with Gasteiger partial charge < -0.3 is 15.5 Å². The molecule has 0 radical (unpaired) electrons. The molecule has 1 aromatic carbocycles. The first kappa shape index (κ1) is 21.2. The Kier molecular flexibility index (Phi) is 7.76. The molecular formula is C20H18N2O5S. The topological polar surface area (TPSA) is 119 Å². The van der Waals surface area contributed by atoms with Gasteiger partial charge in [-0.15, -0.1) is 11.3 Å². The Morgan fingerprint density at radius 3 is 2.36 bits per heavy atom. The molecule has 5 N–H and O–H groups in total. The molecule has 0 bridgehead atoms. The summed E-state index contributed by atoms with van der Waals surface area (Å²) in [6.45, 7) is 1.31. The fourth-order valence-electron chi connectivity index (χ4n) is 2.13. The first-order valence-electron chi connectivity index (χ1n) is 8.19. The van der Waals surface area contributed by atoms with Gasteiger partial charge in [-0.1, -0.05) is 5.92 Å². The van der Waals surface area contributed by atoms with Gasteiger partial charge in [0.1, 0.15) is 6.04 Å². The molecule has 0 unspecified atom stereocenters. The molecule has 0 aliphatic carbocycles. The second-order valence-corrected chi connectivity index (χ2v) is 6.84. The van der Waals surface area contributed by atoms with Crippen LogP contribution in [0.2, 0.25) is 0 Å². The van der Waals surface area contributed by atoms with E-state index in [-0.39, 0.29) is 12.2 Å². The maximum absolute atomic E-state index is 12.2. The highest BCUT2D eigenvalue weighted by Crippen LogP contribution is 2.14. The van der Waals surface area contributed by atoms with E-state index in [1.807, 2.05) is 6.07 Å². The van der Waals surface area contributed by atoms with E-state index in [2.05, 4.69) is 29.0 Å². The largest absolute Gasteiger partial charge is 0.391 e. The van der Waals surface area contributed by atoms with Crippen LogP contribution in [0.3, 0.4) is 0 Å². The number of amides is 2. The molecule has 1 aromatic heterocycles. The first-order valence-corrected chi connectivity index (χ1v) is 9.00. The maximum Gasteiger partial charge on any atom is 0.268 e. The zero-order valence-corrected chi connectivity index (χ0v) is 15.7. The van der Waals surface area contributed by atoms with Crippen molar-refractivity contribution in [3.8, 4) is 23.7 Å². The smallest absolute Gasteiger partial charge is 0.268 e. The van der Waals surface area contributed by atoms with E-state index in [9.17, 15) is 14.7 Å². The fraction of sp³-hybridized carbons (Fsp3) is 0.200. The molecule has 0 aliphatic heterocycles. The lowest BCUT2D eigenvalue weighted by Crippen LogP contribution is -2.51. The summed E-state index contributed by atoms with van der Waals surface area (Å²) in [6, 6.07) is 8.64. The second-order valence-electron chi connectivity index (χ2n) is 5.67. The summed E-state index contributed by atoms with van der Waals surface area (Å²) in [5.74, 6) is 9.68. The van der Waals surface area contributed by atoms with Crippen LogP contribution in [0, 0.1) is 23.7 Å². The highest BCUT2D eigenvalue weighted by molar-refractivity contribution is 7.12. The molecule has 8 heteroatoms. The van der Waals surface area contributed by atoms with Crippen LogP contribution in [0.15, 0.2) is 36.4 Å². The molecule has 2 atom stereocenters. The van der Waals surface area contributed by atoms with Gasteiger partial charge in [-0.3, -0.25) is 14.8 Å². The summed E-state index contributed by atoms with van der Waals surface area (Å²) in [5.41, 5.74) is 2.31. The van der Waals surface area contributed by atoms with Gasteiger partial charge in [0, 0.05) is 16.0 Å². The highest BCUT2D eigenvalue weighted by Gasteiger charge is 2.25. The number of rotatable bonds is 5. The molecule has 2 rings (SSSR count). The quantitative estimate of drug-likeness (QED) is 0.288. The van der Waals surface area contributed by atoms with E-state index in [1.165, 1.54) is 35.9 Å². The van der Waals surface area contributed by atoms with Crippen molar-refractivity contribution in [2.75, 3.05) is 0 Å². The van der Waals surface area contributed by atoms with Crippen molar-refractivity contribution in [2.45, 2.75) is 25.7 Å². The second kappa shape index (κ2) is 10.3. The van der Waals surface area contributed by atoms with Crippen LogP contribution in [0.4, 0.5) is 0 Å². The normalized spacial score (nSPS) is 11.9. The third-order valence-electron chi connectivity index (χ3n) is 3.58. The molecule has 28 heavy (non-hydrogen) atoms. The summed E-state index contributed by atoms with van der Waals surface area (Å²) in [6.07, 6.45) is -1.18. The van der Waals surface area contributed by atoms with Gasteiger partial charge in [-0.05, 0) is 61.1 Å². The zero-order chi connectivity index (χ0) is 20.5. The Morgan fingerprint density at radius 1 is 1.11 bits per heavy atom. The standard InChI is InChI=1S/C20H18N2O5S/c1-13(24)18(20(26)22-27)21-19(25)15-8-6-14(7-9-15)4-2-3-5-16-10-11-17(12-23)28-16/h6-11,13,18,23-24,27H,12H2,1H3,(H,21,25)(H,22,26)/t13-,18+/m1/s1. The molecule has 0 saturated heterocycles. The lowest BCUT2D eigenvalue weighted by molar-refractivity contribution is -0.133. The van der Waals surface area contributed by atoms with Crippen LogP contribution >= 0.6 is 11.3 Å². The van der Waals surface area contributed by atoms with Crippen molar-refractivity contribution in [3.05, 3.63) is 57.3 Å². The molecule has 7 nitrogen and oxygen atoms in total. The Balaban J connectivity index is 2.01. The van der Waals surface area contributed by atoms with E-state index in [0.29, 0.717) is 5.56 Å². The number of aliphatic hydroxyl groups is 2. The minimum Gasteiger partial charge on any atom is -0.391 e. The number of carbonyl (C=O) groups is 2. The number of hydrogen-bond donors (Lipinski definition) is 5. The van der Waals surface area contributed by atoms with Crippen LogP contribution in [0.1, 0.15) is 32.6 Å². The van der Waals surface area contributed by atoms with Crippen molar-refractivity contribution < 1.29 is 25.0 Å². The van der Waals surface area contributed by atoms with Crippen LogP contribution < -0.4 is 10.8 Å². The molecular weight excluding hydrogens is 380 g/mol. The minimum atomic E-state index is -1.28. The van der Waals surface area contributed by atoms with Crippen molar-refractivity contribution in [2.24, 2.45) is 0 Å².